The van der Waals surface area contributed by atoms with Crippen LogP contribution in [0.1, 0.15) is 12.5 Å². The van der Waals surface area contributed by atoms with Crippen LogP contribution < -0.4 is 0 Å². The predicted molar refractivity (Wildman–Crippen MR) is 81.8 cm³/mol. The second-order valence-corrected chi connectivity index (χ2v) is 5.38. The second kappa shape index (κ2) is 7.59. The lowest BCUT2D eigenvalue weighted by Gasteiger charge is -2.34. The van der Waals surface area contributed by atoms with Gasteiger partial charge in [-0.25, -0.2) is 0 Å². The number of benzene rings is 1. The molecule has 1 aromatic carbocycles. The lowest BCUT2D eigenvalue weighted by molar-refractivity contribution is -0.141. The quantitative estimate of drug-likeness (QED) is 0.737. The van der Waals surface area contributed by atoms with Gasteiger partial charge in [0.05, 0.1) is 0 Å². The Morgan fingerprint density at radius 2 is 1.77 bits per heavy atom. The van der Waals surface area contributed by atoms with E-state index in [1.165, 1.54) is 6.92 Å². The maximum Gasteiger partial charge on any atom is 0.242 e. The van der Waals surface area contributed by atoms with Gasteiger partial charge in [0.2, 0.25) is 18.2 Å². The zero-order chi connectivity index (χ0) is 15.9. The van der Waals surface area contributed by atoms with Crippen LogP contribution in [0.5, 0.6) is 0 Å². The van der Waals surface area contributed by atoms with E-state index in [-0.39, 0.29) is 18.4 Å². The molecule has 3 amide bonds. The third-order valence-corrected chi connectivity index (χ3v) is 3.80. The van der Waals surface area contributed by atoms with E-state index in [9.17, 15) is 14.4 Å². The Balaban J connectivity index is 1.92. The van der Waals surface area contributed by atoms with Gasteiger partial charge in [0.1, 0.15) is 6.54 Å². The van der Waals surface area contributed by atoms with Crippen LogP contribution in [-0.4, -0.2) is 65.6 Å². The molecule has 22 heavy (non-hydrogen) atoms. The Morgan fingerprint density at radius 1 is 1.14 bits per heavy atom. The summed E-state index contributed by atoms with van der Waals surface area (Å²) in [6.45, 7) is 4.12. The first-order chi connectivity index (χ1) is 10.6. The van der Waals surface area contributed by atoms with E-state index in [1.807, 2.05) is 30.3 Å². The molecule has 0 radical (unpaired) electrons. The smallest absolute Gasteiger partial charge is 0.242 e. The van der Waals surface area contributed by atoms with Crippen LogP contribution in [0.25, 0.3) is 0 Å². The maximum absolute atomic E-state index is 12.3. The summed E-state index contributed by atoms with van der Waals surface area (Å²) in [5.74, 6) is -0.194. The fourth-order valence-electron chi connectivity index (χ4n) is 2.42. The van der Waals surface area contributed by atoms with Crippen LogP contribution in [0, 0.1) is 0 Å². The van der Waals surface area contributed by atoms with Gasteiger partial charge in [-0.15, -0.1) is 0 Å². The highest BCUT2D eigenvalue weighted by Gasteiger charge is 2.23. The van der Waals surface area contributed by atoms with Gasteiger partial charge in [-0.2, -0.15) is 0 Å². The number of amides is 3. The van der Waals surface area contributed by atoms with Gasteiger partial charge in [-0.05, 0) is 5.56 Å². The number of hydrogen-bond acceptors (Lipinski definition) is 3. The van der Waals surface area contributed by atoms with Crippen LogP contribution in [-0.2, 0) is 20.9 Å². The first-order valence-corrected chi connectivity index (χ1v) is 7.36. The van der Waals surface area contributed by atoms with Gasteiger partial charge >= 0.3 is 0 Å². The first-order valence-electron chi connectivity index (χ1n) is 7.36. The molecule has 2 rings (SSSR count). The number of rotatable bonds is 5. The number of piperazine rings is 1. The minimum absolute atomic E-state index is 0.0725. The van der Waals surface area contributed by atoms with E-state index in [4.69, 9.17) is 0 Å². The molecule has 1 saturated heterocycles. The SMILES string of the molecule is CC(=O)N(CC(=O)N1CCN(C=O)CC1)Cc1ccccc1. The molecule has 1 aliphatic heterocycles. The summed E-state index contributed by atoms with van der Waals surface area (Å²) in [7, 11) is 0. The van der Waals surface area contributed by atoms with Crippen LogP contribution in [0.15, 0.2) is 30.3 Å². The van der Waals surface area contributed by atoms with Gasteiger partial charge in [0.25, 0.3) is 0 Å². The summed E-state index contributed by atoms with van der Waals surface area (Å²) in [4.78, 5) is 39.7. The first kappa shape index (κ1) is 16.0. The van der Waals surface area contributed by atoms with Crippen molar-refractivity contribution in [3.05, 3.63) is 35.9 Å². The molecule has 1 heterocycles. The van der Waals surface area contributed by atoms with E-state index in [1.54, 1.807) is 14.7 Å². The van der Waals surface area contributed by atoms with Crippen molar-refractivity contribution in [2.24, 2.45) is 0 Å². The third-order valence-electron chi connectivity index (χ3n) is 3.80. The lowest BCUT2D eigenvalue weighted by atomic mass is 10.2. The molecule has 1 aromatic rings. The van der Waals surface area contributed by atoms with Crippen molar-refractivity contribution in [3.8, 4) is 0 Å². The maximum atomic E-state index is 12.3. The number of hydrogen-bond donors (Lipinski definition) is 0. The van der Waals surface area contributed by atoms with E-state index in [0.29, 0.717) is 32.7 Å². The lowest BCUT2D eigenvalue weighted by Crippen LogP contribution is -2.51. The highest BCUT2D eigenvalue weighted by atomic mass is 16.2. The van der Waals surface area contributed by atoms with Gasteiger partial charge in [0, 0.05) is 39.6 Å². The van der Waals surface area contributed by atoms with Crippen molar-refractivity contribution in [1.29, 1.82) is 0 Å². The molecule has 0 N–H and O–H groups in total. The summed E-state index contributed by atoms with van der Waals surface area (Å²) in [5, 5.41) is 0. The number of carbonyl (C=O) groups is 3. The minimum Gasteiger partial charge on any atom is -0.342 e. The second-order valence-electron chi connectivity index (χ2n) is 5.38. The molecule has 6 heteroatoms. The van der Waals surface area contributed by atoms with Crippen LogP contribution in [0.3, 0.4) is 0 Å². The Hall–Kier alpha value is -2.37. The molecular formula is C16H21N3O3. The molecule has 0 bridgehead atoms. The average molecular weight is 303 g/mol. The molecule has 1 aliphatic rings. The highest BCUT2D eigenvalue weighted by Crippen LogP contribution is 2.07. The number of carbonyl (C=O) groups excluding carboxylic acids is 3. The zero-order valence-electron chi connectivity index (χ0n) is 12.8. The number of nitrogens with zero attached hydrogens (tertiary/aromatic N) is 3. The molecule has 6 nitrogen and oxygen atoms in total. The van der Waals surface area contributed by atoms with Gasteiger partial charge < -0.3 is 14.7 Å². The summed E-state index contributed by atoms with van der Waals surface area (Å²) >= 11 is 0. The van der Waals surface area contributed by atoms with Crippen LogP contribution in [0.4, 0.5) is 0 Å². The van der Waals surface area contributed by atoms with Gasteiger partial charge in [-0.1, -0.05) is 30.3 Å². The summed E-state index contributed by atoms with van der Waals surface area (Å²) in [6.07, 6.45) is 0.805. The Bertz CT molecular complexity index is 525. The zero-order valence-corrected chi connectivity index (χ0v) is 12.8. The Labute approximate surface area is 130 Å². The fraction of sp³-hybridized carbons (Fsp3) is 0.438. The monoisotopic (exact) mass is 303 g/mol. The molecule has 0 aliphatic carbocycles. The van der Waals surface area contributed by atoms with E-state index >= 15 is 0 Å². The van der Waals surface area contributed by atoms with E-state index in [0.717, 1.165) is 12.0 Å². The molecule has 0 spiro atoms. The van der Waals surface area contributed by atoms with Crippen LogP contribution >= 0.6 is 0 Å². The van der Waals surface area contributed by atoms with Crippen molar-refractivity contribution in [2.75, 3.05) is 32.7 Å². The largest absolute Gasteiger partial charge is 0.342 e. The summed E-state index contributed by atoms with van der Waals surface area (Å²) in [6, 6.07) is 9.61. The summed E-state index contributed by atoms with van der Waals surface area (Å²) < 4.78 is 0. The van der Waals surface area contributed by atoms with Crippen molar-refractivity contribution >= 4 is 18.2 Å². The molecule has 0 saturated carbocycles. The fourth-order valence-corrected chi connectivity index (χ4v) is 2.42. The predicted octanol–water partition coefficient (Wildman–Crippen LogP) is 0.336. The third kappa shape index (κ3) is 4.31. The molecule has 0 unspecified atom stereocenters. The van der Waals surface area contributed by atoms with E-state index < -0.39 is 0 Å². The summed E-state index contributed by atoms with van der Waals surface area (Å²) in [5.41, 5.74) is 0.997. The molecule has 1 fully saturated rings. The van der Waals surface area contributed by atoms with Gasteiger partial charge in [0.15, 0.2) is 0 Å². The van der Waals surface area contributed by atoms with Crippen molar-refractivity contribution in [1.82, 2.24) is 14.7 Å². The Kier molecular flexibility index (Phi) is 5.52. The van der Waals surface area contributed by atoms with Crippen molar-refractivity contribution in [2.45, 2.75) is 13.5 Å². The Morgan fingerprint density at radius 3 is 2.32 bits per heavy atom. The minimum atomic E-state index is -0.122. The molecular weight excluding hydrogens is 282 g/mol. The topological polar surface area (TPSA) is 60.9 Å². The molecule has 118 valence electrons. The van der Waals surface area contributed by atoms with E-state index in [2.05, 4.69) is 0 Å². The average Bonchev–Trinajstić information content (AvgIpc) is 2.55. The molecule has 0 aromatic heterocycles. The van der Waals surface area contributed by atoms with Crippen LogP contribution in [0.2, 0.25) is 0 Å². The standard InChI is InChI=1S/C16H21N3O3/c1-14(21)19(11-15-5-3-2-4-6-15)12-16(22)18-9-7-17(13-20)8-10-18/h2-6,13H,7-12H2,1H3. The van der Waals surface area contributed by atoms with Gasteiger partial charge in [-0.3, -0.25) is 14.4 Å². The molecule has 0 atom stereocenters. The highest BCUT2D eigenvalue weighted by molar-refractivity contribution is 5.84. The van der Waals surface area contributed by atoms with Crippen molar-refractivity contribution in [3.63, 3.8) is 0 Å². The normalized spacial score (nSPS) is 14.6. The van der Waals surface area contributed by atoms with Crippen molar-refractivity contribution < 1.29 is 14.4 Å².